The third kappa shape index (κ3) is 7.05. The van der Waals surface area contributed by atoms with Crippen molar-refractivity contribution in [1.29, 1.82) is 0 Å². The molecule has 0 aromatic rings. The lowest BCUT2D eigenvalue weighted by molar-refractivity contribution is -0.107. The highest BCUT2D eigenvalue weighted by molar-refractivity contribution is 5.66. The summed E-state index contributed by atoms with van der Waals surface area (Å²) >= 11 is 0. The van der Waals surface area contributed by atoms with Gasteiger partial charge in [-0.3, -0.25) is 0 Å². The van der Waals surface area contributed by atoms with E-state index in [-0.39, 0.29) is 6.09 Å². The summed E-state index contributed by atoms with van der Waals surface area (Å²) in [6.07, 6.45) is 2.69. The Hall–Kier alpha value is -1.06. The van der Waals surface area contributed by atoms with Gasteiger partial charge in [-0.1, -0.05) is 0 Å². The fourth-order valence-electron chi connectivity index (χ4n) is 0.725. The quantitative estimate of drug-likeness (QED) is 0.483. The van der Waals surface area contributed by atoms with Crippen LogP contribution in [0.15, 0.2) is 0 Å². The smallest absolute Gasteiger partial charge is 0.407 e. The molecule has 0 saturated carbocycles. The van der Waals surface area contributed by atoms with E-state index < -0.39 is 0 Å². The second kappa shape index (κ2) is 8.04. The van der Waals surface area contributed by atoms with E-state index in [1.807, 2.05) is 0 Å². The van der Waals surface area contributed by atoms with E-state index >= 15 is 0 Å². The third-order valence-corrected chi connectivity index (χ3v) is 1.29. The Balaban J connectivity index is 3.08. The fourth-order valence-corrected chi connectivity index (χ4v) is 0.725. The molecule has 1 N–H and O–H groups in total. The molecular weight excluding hydrogens is 158 g/mol. The Morgan fingerprint density at radius 2 is 2.25 bits per heavy atom. The summed E-state index contributed by atoms with van der Waals surface area (Å²) in [6.45, 7) is 2.72. The number of rotatable bonds is 6. The molecule has 0 rings (SSSR count). The van der Waals surface area contributed by atoms with Crippen LogP contribution >= 0.6 is 0 Å². The van der Waals surface area contributed by atoms with E-state index in [4.69, 9.17) is 0 Å². The summed E-state index contributed by atoms with van der Waals surface area (Å²) in [6, 6.07) is 0. The van der Waals surface area contributed by atoms with Crippen LogP contribution in [-0.2, 0) is 9.53 Å². The average Bonchev–Trinajstić information content (AvgIpc) is 2.05. The summed E-state index contributed by atoms with van der Waals surface area (Å²) in [4.78, 5) is 20.6. The number of carbonyl (C=O) groups excluding carboxylic acids is 2. The molecule has 0 aliphatic rings. The Morgan fingerprint density at radius 3 is 2.83 bits per heavy atom. The molecule has 0 aromatic carbocycles. The predicted molar refractivity (Wildman–Crippen MR) is 44.9 cm³/mol. The van der Waals surface area contributed by atoms with Crippen molar-refractivity contribution in [2.24, 2.45) is 0 Å². The second-order valence-corrected chi connectivity index (χ2v) is 2.31. The summed E-state index contributed by atoms with van der Waals surface area (Å²) < 4.78 is 4.63. The molecule has 0 fully saturated rings. The van der Waals surface area contributed by atoms with Gasteiger partial charge < -0.3 is 14.8 Å². The van der Waals surface area contributed by atoms with E-state index in [0.717, 1.165) is 19.1 Å². The number of hydrogen-bond acceptors (Lipinski definition) is 3. The van der Waals surface area contributed by atoms with Gasteiger partial charge in [-0.2, -0.15) is 0 Å². The highest BCUT2D eigenvalue weighted by Gasteiger charge is 1.97. The van der Waals surface area contributed by atoms with E-state index in [1.54, 1.807) is 6.92 Å². The normalized spacial score (nSPS) is 9.08. The summed E-state index contributed by atoms with van der Waals surface area (Å²) in [7, 11) is 0. The summed E-state index contributed by atoms with van der Waals surface area (Å²) in [5.41, 5.74) is 0. The van der Waals surface area contributed by atoms with Gasteiger partial charge in [0.1, 0.15) is 6.29 Å². The molecular formula is C8H15NO3. The lowest BCUT2D eigenvalue weighted by Gasteiger charge is -2.03. The standard InChI is InChI=1S/C8H15NO3/c1-2-12-8(11)9-6-4-3-5-7-10/h7H,2-6H2,1H3,(H,9,11). The number of ether oxygens (including phenoxy) is 1. The maximum Gasteiger partial charge on any atom is 0.407 e. The van der Waals surface area contributed by atoms with Crippen LogP contribution in [-0.4, -0.2) is 25.5 Å². The van der Waals surface area contributed by atoms with Crippen LogP contribution in [0.3, 0.4) is 0 Å². The first-order valence-electron chi connectivity index (χ1n) is 4.15. The van der Waals surface area contributed by atoms with Gasteiger partial charge in [0.05, 0.1) is 6.61 Å². The number of amides is 1. The first kappa shape index (κ1) is 10.9. The van der Waals surface area contributed by atoms with E-state index in [9.17, 15) is 9.59 Å². The molecule has 4 nitrogen and oxygen atoms in total. The molecule has 0 aliphatic heterocycles. The Labute approximate surface area is 72.3 Å². The topological polar surface area (TPSA) is 55.4 Å². The minimum Gasteiger partial charge on any atom is -0.450 e. The largest absolute Gasteiger partial charge is 0.450 e. The number of carbonyl (C=O) groups is 2. The van der Waals surface area contributed by atoms with Crippen molar-refractivity contribution < 1.29 is 14.3 Å². The van der Waals surface area contributed by atoms with Crippen molar-refractivity contribution in [3.05, 3.63) is 0 Å². The molecule has 0 aromatic heterocycles. The molecule has 0 bridgehead atoms. The number of unbranched alkanes of at least 4 members (excludes halogenated alkanes) is 2. The highest BCUT2D eigenvalue weighted by atomic mass is 16.5. The zero-order valence-electron chi connectivity index (χ0n) is 7.34. The zero-order chi connectivity index (χ0) is 9.23. The van der Waals surface area contributed by atoms with Crippen LogP contribution in [0.4, 0.5) is 4.79 Å². The van der Waals surface area contributed by atoms with Gasteiger partial charge in [-0.25, -0.2) is 4.79 Å². The fraction of sp³-hybridized carbons (Fsp3) is 0.750. The Bertz CT molecular complexity index is 136. The van der Waals surface area contributed by atoms with Crippen LogP contribution < -0.4 is 5.32 Å². The monoisotopic (exact) mass is 173 g/mol. The van der Waals surface area contributed by atoms with Gasteiger partial charge in [0, 0.05) is 13.0 Å². The van der Waals surface area contributed by atoms with Gasteiger partial charge in [0.25, 0.3) is 0 Å². The lowest BCUT2D eigenvalue weighted by atomic mass is 10.2. The van der Waals surface area contributed by atoms with Gasteiger partial charge in [0.15, 0.2) is 0 Å². The summed E-state index contributed by atoms with van der Waals surface area (Å²) in [5.74, 6) is 0. The van der Waals surface area contributed by atoms with Crippen molar-refractivity contribution in [1.82, 2.24) is 5.32 Å². The van der Waals surface area contributed by atoms with Gasteiger partial charge in [-0.05, 0) is 19.8 Å². The van der Waals surface area contributed by atoms with E-state index in [2.05, 4.69) is 10.1 Å². The summed E-state index contributed by atoms with van der Waals surface area (Å²) in [5, 5.41) is 2.57. The minimum atomic E-state index is -0.386. The molecule has 1 amide bonds. The van der Waals surface area contributed by atoms with Crippen LogP contribution in [0.1, 0.15) is 26.2 Å². The maximum absolute atomic E-state index is 10.7. The Morgan fingerprint density at radius 1 is 1.50 bits per heavy atom. The molecule has 0 atom stereocenters. The molecule has 0 heterocycles. The Kier molecular flexibility index (Phi) is 7.33. The van der Waals surface area contributed by atoms with Crippen molar-refractivity contribution in [3.63, 3.8) is 0 Å². The van der Waals surface area contributed by atoms with Crippen molar-refractivity contribution >= 4 is 12.4 Å². The first-order chi connectivity index (χ1) is 5.81. The van der Waals surface area contributed by atoms with Crippen molar-refractivity contribution in [2.75, 3.05) is 13.2 Å². The number of nitrogens with one attached hydrogen (secondary N) is 1. The van der Waals surface area contributed by atoms with Crippen molar-refractivity contribution in [2.45, 2.75) is 26.2 Å². The number of hydrogen-bond donors (Lipinski definition) is 1. The SMILES string of the molecule is CCOC(=O)NCCCCC=O. The van der Waals surface area contributed by atoms with Crippen LogP contribution in [0.5, 0.6) is 0 Å². The maximum atomic E-state index is 10.7. The van der Waals surface area contributed by atoms with E-state index in [0.29, 0.717) is 19.6 Å². The molecule has 0 radical (unpaired) electrons. The van der Waals surface area contributed by atoms with Gasteiger partial charge in [0.2, 0.25) is 0 Å². The number of aldehydes is 1. The lowest BCUT2D eigenvalue weighted by Crippen LogP contribution is -2.25. The molecule has 4 heteroatoms. The van der Waals surface area contributed by atoms with Gasteiger partial charge in [-0.15, -0.1) is 0 Å². The molecule has 0 aliphatic carbocycles. The number of alkyl carbamates (subject to hydrolysis) is 1. The molecule has 12 heavy (non-hydrogen) atoms. The average molecular weight is 173 g/mol. The molecule has 70 valence electrons. The highest BCUT2D eigenvalue weighted by Crippen LogP contribution is 1.90. The third-order valence-electron chi connectivity index (χ3n) is 1.29. The van der Waals surface area contributed by atoms with Crippen LogP contribution in [0.2, 0.25) is 0 Å². The first-order valence-corrected chi connectivity index (χ1v) is 4.15. The predicted octanol–water partition coefficient (Wildman–Crippen LogP) is 1.10. The van der Waals surface area contributed by atoms with Crippen LogP contribution in [0, 0.1) is 0 Å². The van der Waals surface area contributed by atoms with E-state index in [1.165, 1.54) is 0 Å². The zero-order valence-corrected chi connectivity index (χ0v) is 7.34. The second-order valence-electron chi connectivity index (χ2n) is 2.31. The van der Waals surface area contributed by atoms with Crippen molar-refractivity contribution in [3.8, 4) is 0 Å². The molecule has 0 spiro atoms. The van der Waals surface area contributed by atoms with Crippen LogP contribution in [0.25, 0.3) is 0 Å². The minimum absolute atomic E-state index is 0.386. The molecule has 0 unspecified atom stereocenters. The van der Waals surface area contributed by atoms with Gasteiger partial charge >= 0.3 is 6.09 Å². The molecule has 0 saturated heterocycles.